The topological polar surface area (TPSA) is 0 Å². The third kappa shape index (κ3) is 2.48. The molecule has 0 N–H and O–H groups in total. The molecule has 0 aliphatic rings. The molecule has 2 heteroatoms. The minimum absolute atomic E-state index is 1.08. The Morgan fingerprint density at radius 1 is 0.800 bits per heavy atom. The lowest BCUT2D eigenvalue weighted by Crippen LogP contribution is -2.01. The lowest BCUT2D eigenvalue weighted by Gasteiger charge is -2.15. The molecule has 1 aromatic rings. The fourth-order valence-electron chi connectivity index (χ4n) is 2.19. The van der Waals surface area contributed by atoms with Crippen LogP contribution in [0.4, 0.5) is 0 Å². The summed E-state index contributed by atoms with van der Waals surface area (Å²) in [6.45, 7) is 8.93. The van der Waals surface area contributed by atoms with Crippen LogP contribution in [0, 0.1) is 3.82 Å². The van der Waals surface area contributed by atoms with Gasteiger partial charge in [-0.15, -0.1) is 11.3 Å². The van der Waals surface area contributed by atoms with Crippen molar-refractivity contribution in [3.63, 3.8) is 0 Å². The Hall–Kier alpha value is -0.210. The molecule has 0 atom stereocenters. The van der Waals surface area contributed by atoms with Crippen LogP contribution < -0.4 is 0 Å². The van der Waals surface area contributed by atoms with Gasteiger partial charge in [0.15, 0.2) is 0 Å². The van der Waals surface area contributed by atoms with Crippen molar-refractivity contribution in [2.75, 3.05) is 0 Å². The summed E-state index contributed by atoms with van der Waals surface area (Å²) in [5.41, 5.74) is 4.52. The number of hydrogen-bond donors (Lipinski definition) is 0. The van der Waals surface area contributed by atoms with Gasteiger partial charge in [-0.2, -0.15) is 0 Å². The van der Waals surface area contributed by atoms with E-state index in [0.29, 0.717) is 0 Å². The summed E-state index contributed by atoms with van der Waals surface area (Å²) in [5.74, 6) is 0. The van der Waals surface area contributed by atoms with E-state index in [-0.39, 0.29) is 0 Å². The highest BCUT2D eigenvalue weighted by atomic mass is 32.1. The van der Waals surface area contributed by atoms with E-state index >= 15 is 0 Å². The molecule has 0 fully saturated rings. The van der Waals surface area contributed by atoms with E-state index in [9.17, 15) is 0 Å². The summed E-state index contributed by atoms with van der Waals surface area (Å²) in [7, 11) is 0. The third-order valence-corrected chi connectivity index (χ3v) is 4.62. The van der Waals surface area contributed by atoms with Crippen LogP contribution >= 0.6 is 23.6 Å². The Balaban J connectivity index is 3.52. The van der Waals surface area contributed by atoms with Crippen molar-refractivity contribution < 1.29 is 0 Å². The van der Waals surface area contributed by atoms with Crippen molar-refractivity contribution in [2.24, 2.45) is 0 Å². The van der Waals surface area contributed by atoms with Crippen molar-refractivity contribution in [1.29, 1.82) is 0 Å². The van der Waals surface area contributed by atoms with Crippen LogP contribution in [0.25, 0.3) is 0 Å². The van der Waals surface area contributed by atoms with E-state index in [1.165, 1.54) is 16.0 Å². The Kier molecular flexibility index (Phi) is 4.94. The molecule has 0 aliphatic heterocycles. The summed E-state index contributed by atoms with van der Waals surface area (Å²) < 4.78 is 1.11. The summed E-state index contributed by atoms with van der Waals surface area (Å²) in [4.78, 5) is 1.50. The molecule has 0 saturated heterocycles. The molecule has 1 heterocycles. The first-order chi connectivity index (χ1) is 7.19. The smallest absolute Gasteiger partial charge is 0.0936 e. The second-order valence-corrected chi connectivity index (χ2v) is 5.43. The second kappa shape index (κ2) is 5.76. The zero-order chi connectivity index (χ0) is 11.4. The molecular weight excluding hydrogens is 220 g/mol. The Labute approximate surface area is 102 Å². The van der Waals surface area contributed by atoms with Crippen molar-refractivity contribution in [3.8, 4) is 0 Å². The molecule has 0 radical (unpaired) electrons. The molecule has 0 aliphatic carbocycles. The largest absolute Gasteiger partial charge is 0.128 e. The molecule has 0 spiro atoms. The lowest BCUT2D eigenvalue weighted by atomic mass is 9.98. The SMILES string of the molecule is CCc1sc(=S)c(CC)c(CC)c1CC. The van der Waals surface area contributed by atoms with Crippen LogP contribution in [-0.2, 0) is 25.7 Å². The van der Waals surface area contributed by atoms with E-state index in [1.54, 1.807) is 5.56 Å². The van der Waals surface area contributed by atoms with Crippen molar-refractivity contribution in [3.05, 3.63) is 25.4 Å². The minimum atomic E-state index is 1.08. The second-order valence-electron chi connectivity index (χ2n) is 3.66. The van der Waals surface area contributed by atoms with Crippen molar-refractivity contribution in [1.82, 2.24) is 0 Å². The fraction of sp³-hybridized carbons (Fsp3) is 0.615. The van der Waals surface area contributed by atoms with Gasteiger partial charge in [0.1, 0.15) is 0 Å². The molecule has 1 rings (SSSR count). The summed E-state index contributed by atoms with van der Waals surface area (Å²) in [6.07, 6.45) is 4.46. The predicted octanol–water partition coefficient (Wildman–Crippen LogP) is 4.73. The molecule has 84 valence electrons. The van der Waals surface area contributed by atoms with Gasteiger partial charge < -0.3 is 0 Å². The van der Waals surface area contributed by atoms with Gasteiger partial charge in [-0.05, 0) is 42.4 Å². The summed E-state index contributed by atoms with van der Waals surface area (Å²) in [6, 6.07) is 0. The molecule has 0 unspecified atom stereocenters. The van der Waals surface area contributed by atoms with Crippen LogP contribution in [0.5, 0.6) is 0 Å². The summed E-state index contributed by atoms with van der Waals surface area (Å²) >= 11 is 7.31. The van der Waals surface area contributed by atoms with Gasteiger partial charge in [0.2, 0.25) is 0 Å². The van der Waals surface area contributed by atoms with Crippen LogP contribution in [0.3, 0.4) is 0 Å². The average molecular weight is 240 g/mol. The lowest BCUT2D eigenvalue weighted by molar-refractivity contribution is 0.963. The van der Waals surface area contributed by atoms with Crippen LogP contribution in [-0.4, -0.2) is 0 Å². The standard InChI is InChI=1S/C13H20S2/c1-5-9-10(6-2)12(8-4)15-13(14)11(9)7-3/h5-8H2,1-4H3. The maximum atomic E-state index is 5.48. The van der Waals surface area contributed by atoms with Gasteiger partial charge >= 0.3 is 0 Å². The molecular formula is C13H20S2. The van der Waals surface area contributed by atoms with Crippen LogP contribution in [0.1, 0.15) is 49.3 Å². The van der Waals surface area contributed by atoms with E-state index in [0.717, 1.165) is 29.5 Å². The zero-order valence-electron chi connectivity index (χ0n) is 10.1. The Morgan fingerprint density at radius 3 is 1.73 bits per heavy atom. The van der Waals surface area contributed by atoms with E-state index in [2.05, 4.69) is 27.7 Å². The highest BCUT2D eigenvalue weighted by Crippen LogP contribution is 2.27. The molecule has 1 aromatic heterocycles. The van der Waals surface area contributed by atoms with E-state index in [1.807, 2.05) is 11.3 Å². The molecule has 0 nitrogen and oxygen atoms in total. The zero-order valence-corrected chi connectivity index (χ0v) is 11.8. The quantitative estimate of drug-likeness (QED) is 0.686. The highest BCUT2D eigenvalue weighted by Gasteiger charge is 2.11. The number of hydrogen-bond acceptors (Lipinski definition) is 2. The molecule has 0 aromatic carbocycles. The van der Waals surface area contributed by atoms with Gasteiger partial charge in [0.25, 0.3) is 0 Å². The van der Waals surface area contributed by atoms with Crippen molar-refractivity contribution >= 4 is 23.6 Å². The predicted molar refractivity (Wildman–Crippen MR) is 72.7 cm³/mol. The van der Waals surface area contributed by atoms with Gasteiger partial charge in [0.05, 0.1) is 3.82 Å². The first kappa shape index (κ1) is 12.9. The monoisotopic (exact) mass is 240 g/mol. The van der Waals surface area contributed by atoms with Gasteiger partial charge in [0, 0.05) is 4.88 Å². The molecule has 0 bridgehead atoms. The Bertz CT molecular complexity index is 388. The van der Waals surface area contributed by atoms with Crippen molar-refractivity contribution in [2.45, 2.75) is 53.4 Å². The molecule has 0 amide bonds. The minimum Gasteiger partial charge on any atom is -0.128 e. The highest BCUT2D eigenvalue weighted by molar-refractivity contribution is 7.73. The fourth-order valence-corrected chi connectivity index (χ4v) is 3.91. The van der Waals surface area contributed by atoms with Gasteiger partial charge in [-0.3, -0.25) is 0 Å². The maximum Gasteiger partial charge on any atom is 0.0936 e. The van der Waals surface area contributed by atoms with Crippen LogP contribution in [0.2, 0.25) is 0 Å². The third-order valence-electron chi connectivity index (χ3n) is 2.91. The van der Waals surface area contributed by atoms with Gasteiger partial charge in [-0.25, -0.2) is 0 Å². The summed E-state index contributed by atoms with van der Waals surface area (Å²) in [5, 5.41) is 0. The first-order valence-corrected chi connectivity index (χ1v) is 7.08. The van der Waals surface area contributed by atoms with Crippen LogP contribution in [0.15, 0.2) is 0 Å². The normalized spacial score (nSPS) is 10.7. The van der Waals surface area contributed by atoms with E-state index in [4.69, 9.17) is 12.2 Å². The van der Waals surface area contributed by atoms with Gasteiger partial charge in [-0.1, -0.05) is 39.9 Å². The molecule has 15 heavy (non-hydrogen) atoms. The molecule has 0 saturated carbocycles. The van der Waals surface area contributed by atoms with E-state index < -0.39 is 0 Å². The maximum absolute atomic E-state index is 5.48. The Morgan fingerprint density at radius 2 is 1.33 bits per heavy atom. The number of rotatable bonds is 4. The first-order valence-electron chi connectivity index (χ1n) is 5.86. The average Bonchev–Trinajstić information content (AvgIpc) is 2.27. The number of aryl methyl sites for hydroxylation is 1.